The van der Waals surface area contributed by atoms with Crippen molar-refractivity contribution in [1.29, 1.82) is 0 Å². The van der Waals surface area contributed by atoms with E-state index in [1.807, 2.05) is 13.8 Å². The normalized spacial score (nSPS) is 15.4. The van der Waals surface area contributed by atoms with E-state index < -0.39 is 17.8 Å². The fourth-order valence-electron chi connectivity index (χ4n) is 3.86. The number of rotatable bonds is 4. The summed E-state index contributed by atoms with van der Waals surface area (Å²) in [5.41, 5.74) is 6.13. The number of amides is 1. The van der Waals surface area contributed by atoms with Gasteiger partial charge in [-0.2, -0.15) is 18.3 Å². The average molecular weight is 430 g/mol. The molecule has 2 heterocycles. The van der Waals surface area contributed by atoms with Gasteiger partial charge in [-0.15, -0.1) is 0 Å². The third-order valence-electron chi connectivity index (χ3n) is 5.41. The highest BCUT2D eigenvalue weighted by molar-refractivity contribution is 5.99. The second-order valence-corrected chi connectivity index (χ2v) is 8.34. The Morgan fingerprint density at radius 1 is 1.26 bits per heavy atom. The van der Waals surface area contributed by atoms with Crippen molar-refractivity contribution in [3.8, 4) is 5.69 Å². The van der Waals surface area contributed by atoms with Crippen LogP contribution in [0.25, 0.3) is 5.69 Å². The van der Waals surface area contributed by atoms with E-state index in [0.29, 0.717) is 42.1 Å². The number of nitrogens with zero attached hydrogens (tertiary/aromatic N) is 4. The summed E-state index contributed by atoms with van der Waals surface area (Å²) in [6.07, 6.45) is -0.287. The van der Waals surface area contributed by atoms with Gasteiger partial charge in [-0.3, -0.25) is 4.79 Å². The fraction of sp³-hybridized carbons (Fsp3) is 0.333. The van der Waals surface area contributed by atoms with Crippen LogP contribution in [0.3, 0.4) is 0 Å². The summed E-state index contributed by atoms with van der Waals surface area (Å²) < 4.78 is 42.3. The second-order valence-electron chi connectivity index (χ2n) is 8.34. The third-order valence-corrected chi connectivity index (χ3v) is 5.41. The largest absolute Gasteiger partial charge is 0.435 e. The number of nitrogens with two attached hydrogens (primary N) is 1. The molecule has 0 fully saturated rings. The Bertz CT molecular complexity index is 1140. The van der Waals surface area contributed by atoms with Crippen LogP contribution in [-0.4, -0.2) is 25.7 Å². The maximum absolute atomic E-state index is 13.7. The smallest absolute Gasteiger partial charge is 0.366 e. The van der Waals surface area contributed by atoms with E-state index in [2.05, 4.69) is 20.4 Å². The first-order valence-electron chi connectivity index (χ1n) is 9.70. The lowest BCUT2D eigenvalue weighted by Gasteiger charge is -2.30. The highest BCUT2D eigenvalue weighted by Crippen LogP contribution is 2.42. The van der Waals surface area contributed by atoms with Crippen molar-refractivity contribution in [2.24, 2.45) is 11.1 Å². The molecule has 10 heteroatoms. The van der Waals surface area contributed by atoms with Crippen molar-refractivity contribution < 1.29 is 18.0 Å². The molecule has 3 N–H and O–H groups in total. The molecule has 1 amide bonds. The van der Waals surface area contributed by atoms with Crippen LogP contribution in [0, 0.1) is 5.41 Å². The van der Waals surface area contributed by atoms with E-state index in [-0.39, 0.29) is 16.5 Å². The third kappa shape index (κ3) is 4.10. The van der Waals surface area contributed by atoms with Crippen LogP contribution in [-0.2, 0) is 19.0 Å². The SMILES string of the molecule is CC1(C)CCc2c(C(F)(F)F)nn(-c3ccc(C(N)=O)c(Nc4ccncn4)c3)c2C1. The maximum atomic E-state index is 13.7. The summed E-state index contributed by atoms with van der Waals surface area (Å²) >= 11 is 0. The van der Waals surface area contributed by atoms with E-state index >= 15 is 0 Å². The minimum absolute atomic E-state index is 0.150. The van der Waals surface area contributed by atoms with Crippen LogP contribution in [0.5, 0.6) is 0 Å². The van der Waals surface area contributed by atoms with Crippen molar-refractivity contribution in [2.75, 3.05) is 5.32 Å². The standard InChI is InChI=1S/C21H21F3N6O/c1-20(2)7-5-14-16(10-20)30(29-18(14)21(22,23)24)12-3-4-13(19(25)31)15(9-12)28-17-6-8-26-11-27-17/h3-4,6,8-9,11H,5,7,10H2,1-2H3,(H2,25,31)(H,26,27,28). The summed E-state index contributed by atoms with van der Waals surface area (Å²) in [5, 5.41) is 6.93. The molecule has 162 valence electrons. The van der Waals surface area contributed by atoms with Gasteiger partial charge in [0.2, 0.25) is 0 Å². The van der Waals surface area contributed by atoms with Crippen molar-refractivity contribution in [1.82, 2.24) is 19.7 Å². The summed E-state index contributed by atoms with van der Waals surface area (Å²) in [7, 11) is 0. The van der Waals surface area contributed by atoms with Crippen LogP contribution in [0.4, 0.5) is 24.7 Å². The van der Waals surface area contributed by atoms with Gasteiger partial charge in [0.1, 0.15) is 12.1 Å². The van der Waals surface area contributed by atoms with Crippen molar-refractivity contribution in [3.05, 3.63) is 59.3 Å². The molecule has 1 aliphatic carbocycles. The van der Waals surface area contributed by atoms with Crippen molar-refractivity contribution in [2.45, 2.75) is 39.3 Å². The summed E-state index contributed by atoms with van der Waals surface area (Å²) in [5.74, 6) is -0.267. The molecule has 2 aromatic heterocycles. The Balaban J connectivity index is 1.85. The molecular formula is C21H21F3N6O. The van der Waals surface area contributed by atoms with E-state index in [0.717, 1.165) is 0 Å². The van der Waals surface area contributed by atoms with Gasteiger partial charge in [-0.25, -0.2) is 14.6 Å². The number of anilines is 2. The summed E-state index contributed by atoms with van der Waals surface area (Å²) in [6.45, 7) is 4.05. The van der Waals surface area contributed by atoms with Crippen LogP contribution < -0.4 is 11.1 Å². The average Bonchev–Trinajstić information content (AvgIpc) is 3.06. The molecule has 31 heavy (non-hydrogen) atoms. The number of alkyl halides is 3. The molecule has 0 atom stereocenters. The van der Waals surface area contributed by atoms with Crippen LogP contribution in [0.1, 0.15) is 47.6 Å². The van der Waals surface area contributed by atoms with Gasteiger partial charge in [-0.1, -0.05) is 13.8 Å². The second kappa shape index (κ2) is 7.36. The lowest BCUT2D eigenvalue weighted by molar-refractivity contribution is -0.142. The Morgan fingerprint density at radius 3 is 2.68 bits per heavy atom. The molecule has 0 aliphatic heterocycles. The van der Waals surface area contributed by atoms with Crippen LogP contribution in [0.15, 0.2) is 36.8 Å². The van der Waals surface area contributed by atoms with Crippen LogP contribution in [0.2, 0.25) is 0 Å². The van der Waals surface area contributed by atoms with Gasteiger partial charge >= 0.3 is 6.18 Å². The first-order valence-corrected chi connectivity index (χ1v) is 9.70. The van der Waals surface area contributed by atoms with Gasteiger partial charge < -0.3 is 11.1 Å². The topological polar surface area (TPSA) is 98.7 Å². The number of hydrogen-bond acceptors (Lipinski definition) is 5. The highest BCUT2D eigenvalue weighted by atomic mass is 19.4. The molecule has 0 saturated heterocycles. The molecule has 0 spiro atoms. The zero-order valence-corrected chi connectivity index (χ0v) is 17.0. The Hall–Kier alpha value is -3.43. The fourth-order valence-corrected chi connectivity index (χ4v) is 3.86. The molecule has 1 aromatic carbocycles. The van der Waals surface area contributed by atoms with Gasteiger partial charge in [0.25, 0.3) is 5.91 Å². The molecular weight excluding hydrogens is 409 g/mol. The van der Waals surface area contributed by atoms with E-state index in [4.69, 9.17) is 5.73 Å². The molecule has 0 bridgehead atoms. The molecule has 1 aliphatic rings. The molecule has 0 unspecified atom stereocenters. The van der Waals surface area contributed by atoms with Gasteiger partial charge in [0.05, 0.1) is 16.9 Å². The number of fused-ring (bicyclic) bond motifs is 1. The number of benzene rings is 1. The summed E-state index contributed by atoms with van der Waals surface area (Å²) in [6, 6.07) is 6.16. The minimum Gasteiger partial charge on any atom is -0.366 e. The number of halogens is 3. The molecule has 4 rings (SSSR count). The molecule has 3 aromatic rings. The number of aromatic nitrogens is 4. The van der Waals surface area contributed by atoms with Gasteiger partial charge in [0, 0.05) is 17.5 Å². The van der Waals surface area contributed by atoms with Crippen LogP contribution >= 0.6 is 0 Å². The summed E-state index contributed by atoms with van der Waals surface area (Å²) in [4.78, 5) is 19.8. The van der Waals surface area contributed by atoms with E-state index in [1.54, 1.807) is 18.2 Å². The number of hydrogen-bond donors (Lipinski definition) is 2. The number of carbonyl (C=O) groups excluding carboxylic acids is 1. The van der Waals surface area contributed by atoms with Crippen molar-refractivity contribution in [3.63, 3.8) is 0 Å². The highest BCUT2D eigenvalue weighted by Gasteiger charge is 2.42. The molecule has 0 radical (unpaired) electrons. The lowest BCUT2D eigenvalue weighted by Crippen LogP contribution is -2.24. The van der Waals surface area contributed by atoms with Crippen molar-refractivity contribution >= 4 is 17.4 Å². The Kier molecular flexibility index (Phi) is 4.95. The Morgan fingerprint density at radius 2 is 2.03 bits per heavy atom. The quantitative estimate of drug-likeness (QED) is 0.651. The first-order chi connectivity index (χ1) is 14.5. The van der Waals surface area contributed by atoms with E-state index in [1.165, 1.54) is 23.3 Å². The van der Waals surface area contributed by atoms with Gasteiger partial charge in [-0.05, 0) is 48.9 Å². The zero-order valence-electron chi connectivity index (χ0n) is 17.0. The molecule has 7 nitrogen and oxygen atoms in total. The van der Waals surface area contributed by atoms with E-state index in [9.17, 15) is 18.0 Å². The lowest BCUT2D eigenvalue weighted by atomic mass is 9.76. The number of carbonyl (C=O) groups is 1. The predicted octanol–water partition coefficient (Wildman–Crippen LogP) is 4.04. The number of nitrogens with one attached hydrogen (secondary N) is 1. The monoisotopic (exact) mass is 430 g/mol. The number of primary amides is 1. The molecule has 0 saturated carbocycles. The predicted molar refractivity (Wildman–Crippen MR) is 108 cm³/mol. The van der Waals surface area contributed by atoms with Gasteiger partial charge in [0.15, 0.2) is 5.69 Å². The maximum Gasteiger partial charge on any atom is 0.435 e. The Labute approximate surface area is 176 Å². The zero-order chi connectivity index (χ0) is 22.4. The minimum atomic E-state index is -4.55. The first kappa shape index (κ1) is 20.8.